The van der Waals surface area contributed by atoms with E-state index >= 15 is 0 Å². The van der Waals surface area contributed by atoms with Crippen LogP contribution in [0.25, 0.3) is 0 Å². The molecule has 0 aromatic rings. The molecule has 2 unspecified atom stereocenters. The van der Waals surface area contributed by atoms with Crippen molar-refractivity contribution in [2.45, 2.75) is 354 Å². The largest absolute Gasteiger partial charge is 0.545 e. The third-order valence-corrected chi connectivity index (χ3v) is 15.3. The van der Waals surface area contributed by atoms with Crippen molar-refractivity contribution in [1.82, 2.24) is 0 Å². The summed E-state index contributed by atoms with van der Waals surface area (Å²) in [4.78, 5) is 37.2. The maximum atomic E-state index is 12.8. The molecule has 0 amide bonds. The third-order valence-electron chi connectivity index (χ3n) is 15.3. The minimum absolute atomic E-state index is 0.150. The molecule has 0 fully saturated rings. The van der Waals surface area contributed by atoms with Crippen molar-refractivity contribution >= 4 is 17.9 Å². The van der Waals surface area contributed by atoms with E-state index in [0.717, 1.165) is 51.4 Å². The first-order valence-corrected chi connectivity index (χ1v) is 33.3. The van der Waals surface area contributed by atoms with E-state index in [-0.39, 0.29) is 32.2 Å². The zero-order valence-corrected chi connectivity index (χ0v) is 51.4. The number of esters is 2. The van der Waals surface area contributed by atoms with Crippen molar-refractivity contribution < 1.29 is 42.9 Å². The zero-order chi connectivity index (χ0) is 55.5. The normalized spacial score (nSPS) is 12.7. The Balaban J connectivity index is 3.87. The van der Waals surface area contributed by atoms with Gasteiger partial charge in [0.25, 0.3) is 0 Å². The lowest BCUT2D eigenvalue weighted by Crippen LogP contribution is -2.44. The lowest BCUT2D eigenvalue weighted by atomic mass is 10.0. The fraction of sp³-hybridized carbons (Fsp3) is 0.925. The summed E-state index contributed by atoms with van der Waals surface area (Å²) in [5.74, 6) is -2.27. The molecule has 76 heavy (non-hydrogen) atoms. The number of carbonyl (C=O) groups excluding carboxylic acids is 3. The van der Waals surface area contributed by atoms with Crippen LogP contribution in [0.3, 0.4) is 0 Å². The lowest BCUT2D eigenvalue weighted by Gasteiger charge is -2.26. The maximum Gasteiger partial charge on any atom is 0.306 e. The van der Waals surface area contributed by atoms with Crippen LogP contribution in [0.2, 0.25) is 0 Å². The van der Waals surface area contributed by atoms with E-state index in [9.17, 15) is 19.5 Å². The van der Waals surface area contributed by atoms with Gasteiger partial charge in [-0.25, -0.2) is 0 Å². The fourth-order valence-corrected chi connectivity index (χ4v) is 10.1. The number of carboxylic acid groups (broad SMARTS) is 1. The Labute approximate surface area is 472 Å². The standard InChI is InChI=1S/C67H129NO8/c1-6-8-10-12-14-16-18-20-21-22-23-24-25-26-27-28-29-30-31-32-33-34-35-36-37-38-39-40-41-42-43-44-46-47-49-51-53-55-57-64(69)74-61-63(62-75-67(66(71)72)73-60-59-68(3,4)5)76-65(70)58-56-54-52-50-48-45-19-17-15-13-11-9-7-2/h17,19,63,67H,6-16,18,20-62H2,1-5H3/b19-17-. The van der Waals surface area contributed by atoms with Crippen LogP contribution in [-0.2, 0) is 33.3 Å². The summed E-state index contributed by atoms with van der Waals surface area (Å²) in [6.07, 6.45) is 67.5. The molecule has 2 atom stereocenters. The molecule has 9 nitrogen and oxygen atoms in total. The van der Waals surface area contributed by atoms with E-state index in [1.807, 2.05) is 21.1 Å². The lowest BCUT2D eigenvalue weighted by molar-refractivity contribution is -0.870. The third kappa shape index (κ3) is 59.7. The van der Waals surface area contributed by atoms with Crippen LogP contribution in [0.1, 0.15) is 341 Å². The second kappa shape index (κ2) is 59.2. The molecular weight excluding hydrogens is 947 g/mol. The van der Waals surface area contributed by atoms with E-state index in [4.69, 9.17) is 18.9 Å². The summed E-state index contributed by atoms with van der Waals surface area (Å²) >= 11 is 0. The van der Waals surface area contributed by atoms with Gasteiger partial charge in [-0.2, -0.15) is 0 Å². The Kier molecular flexibility index (Phi) is 57.6. The maximum absolute atomic E-state index is 12.8. The van der Waals surface area contributed by atoms with Gasteiger partial charge in [-0.1, -0.05) is 302 Å². The van der Waals surface area contributed by atoms with Crippen LogP contribution >= 0.6 is 0 Å². The van der Waals surface area contributed by atoms with Crippen molar-refractivity contribution in [3.8, 4) is 0 Å². The van der Waals surface area contributed by atoms with E-state index in [0.29, 0.717) is 23.9 Å². The summed E-state index contributed by atoms with van der Waals surface area (Å²) in [6, 6.07) is 0. The first-order chi connectivity index (χ1) is 37.1. The predicted molar refractivity (Wildman–Crippen MR) is 320 cm³/mol. The molecule has 0 N–H and O–H groups in total. The van der Waals surface area contributed by atoms with E-state index in [1.54, 1.807) is 0 Å². The van der Waals surface area contributed by atoms with Crippen molar-refractivity contribution in [3.05, 3.63) is 12.2 Å². The molecule has 0 heterocycles. The summed E-state index contributed by atoms with van der Waals surface area (Å²) in [7, 11) is 5.93. The molecule has 0 bridgehead atoms. The van der Waals surface area contributed by atoms with Crippen LogP contribution in [0.5, 0.6) is 0 Å². The highest BCUT2D eigenvalue weighted by Gasteiger charge is 2.22. The molecule has 0 spiro atoms. The van der Waals surface area contributed by atoms with Crippen molar-refractivity contribution in [2.24, 2.45) is 0 Å². The predicted octanol–water partition coefficient (Wildman–Crippen LogP) is 18.7. The number of ether oxygens (including phenoxy) is 4. The topological polar surface area (TPSA) is 111 Å². The molecule has 0 aliphatic rings. The zero-order valence-electron chi connectivity index (χ0n) is 51.4. The van der Waals surface area contributed by atoms with Gasteiger partial charge in [0.1, 0.15) is 13.2 Å². The highest BCUT2D eigenvalue weighted by molar-refractivity contribution is 5.70. The minimum atomic E-state index is -1.62. The number of unbranched alkanes of at least 4 members (excludes halogenated alkanes) is 46. The second-order valence-corrected chi connectivity index (χ2v) is 24.1. The van der Waals surface area contributed by atoms with E-state index in [1.165, 1.54) is 257 Å². The van der Waals surface area contributed by atoms with Gasteiger partial charge in [0.2, 0.25) is 0 Å². The van der Waals surface area contributed by atoms with Gasteiger partial charge >= 0.3 is 11.9 Å². The van der Waals surface area contributed by atoms with Crippen LogP contribution in [-0.4, -0.2) is 82.3 Å². The SMILES string of the molecule is CCCCCC/C=C\CCCCCCCC(=O)OC(COC(=O)CCCCCCCCCCCCCCCCCCCCCCCCCCCCCCCCCCCCCCCC)COC(OCC[N+](C)(C)C)C(=O)[O-]. The number of allylic oxidation sites excluding steroid dienone is 2. The van der Waals surface area contributed by atoms with Crippen molar-refractivity contribution in [2.75, 3.05) is 47.5 Å². The molecule has 0 rings (SSSR count). The Morgan fingerprint density at radius 3 is 0.987 bits per heavy atom. The van der Waals surface area contributed by atoms with Crippen LogP contribution < -0.4 is 5.11 Å². The first-order valence-electron chi connectivity index (χ1n) is 33.3. The number of nitrogens with zero attached hydrogens (tertiary/aromatic N) is 1. The summed E-state index contributed by atoms with van der Waals surface area (Å²) in [5.41, 5.74) is 0. The molecule has 9 heteroatoms. The smallest absolute Gasteiger partial charge is 0.306 e. The number of hydrogen-bond acceptors (Lipinski definition) is 8. The van der Waals surface area contributed by atoms with Gasteiger partial charge in [0.05, 0.1) is 40.3 Å². The number of rotatable bonds is 63. The Bertz CT molecular complexity index is 1250. The number of carbonyl (C=O) groups is 3. The van der Waals surface area contributed by atoms with Gasteiger partial charge < -0.3 is 33.3 Å². The molecule has 0 saturated heterocycles. The van der Waals surface area contributed by atoms with E-state index < -0.39 is 24.3 Å². The Morgan fingerprint density at radius 2 is 0.671 bits per heavy atom. The molecule has 450 valence electrons. The summed E-state index contributed by atoms with van der Waals surface area (Å²) in [6.45, 7) is 4.77. The second-order valence-electron chi connectivity index (χ2n) is 24.1. The number of likely N-dealkylation sites (N-methyl/N-ethyl adjacent to an activating group) is 1. The summed E-state index contributed by atoms with van der Waals surface area (Å²) < 4.78 is 22.7. The number of carboxylic acids is 1. The number of aliphatic carboxylic acids is 1. The van der Waals surface area contributed by atoms with Crippen molar-refractivity contribution in [1.29, 1.82) is 0 Å². The van der Waals surface area contributed by atoms with Gasteiger partial charge in [-0.3, -0.25) is 9.59 Å². The molecule has 0 radical (unpaired) electrons. The average Bonchev–Trinajstić information content (AvgIpc) is 3.39. The Morgan fingerprint density at radius 1 is 0.382 bits per heavy atom. The van der Waals surface area contributed by atoms with Gasteiger partial charge in [0.15, 0.2) is 12.4 Å². The highest BCUT2D eigenvalue weighted by Crippen LogP contribution is 2.19. The highest BCUT2D eigenvalue weighted by atomic mass is 16.7. The fourth-order valence-electron chi connectivity index (χ4n) is 10.1. The Hall–Kier alpha value is -1.97. The molecule has 0 aliphatic carbocycles. The van der Waals surface area contributed by atoms with Crippen LogP contribution in [0, 0.1) is 0 Å². The van der Waals surface area contributed by atoms with Gasteiger partial charge in [-0.15, -0.1) is 0 Å². The van der Waals surface area contributed by atoms with Crippen LogP contribution in [0.4, 0.5) is 0 Å². The van der Waals surface area contributed by atoms with Gasteiger partial charge in [0, 0.05) is 12.8 Å². The number of quaternary nitrogens is 1. The van der Waals surface area contributed by atoms with E-state index in [2.05, 4.69) is 26.0 Å². The molecule has 0 aromatic carbocycles. The number of hydrogen-bond donors (Lipinski definition) is 0. The first kappa shape index (κ1) is 74.0. The minimum Gasteiger partial charge on any atom is -0.545 e. The average molecular weight is 1080 g/mol. The molecule has 0 saturated carbocycles. The molecule has 0 aliphatic heterocycles. The summed E-state index contributed by atoms with van der Waals surface area (Å²) in [5, 5.41) is 11.8. The van der Waals surface area contributed by atoms with Gasteiger partial charge in [-0.05, 0) is 38.5 Å². The molecule has 0 aromatic heterocycles. The van der Waals surface area contributed by atoms with Crippen molar-refractivity contribution in [3.63, 3.8) is 0 Å². The van der Waals surface area contributed by atoms with Crippen LogP contribution in [0.15, 0.2) is 12.2 Å². The molecular formula is C67H129NO8. The monoisotopic (exact) mass is 1080 g/mol. The quantitative estimate of drug-likeness (QED) is 0.0195.